The molecule has 0 amide bonds. The first-order chi connectivity index (χ1) is 10.3. The van der Waals surface area contributed by atoms with Gasteiger partial charge in [0.25, 0.3) is 0 Å². The lowest BCUT2D eigenvalue weighted by Gasteiger charge is -2.06. The van der Waals surface area contributed by atoms with Gasteiger partial charge in [-0.1, -0.05) is 70.8 Å². The molecule has 0 saturated heterocycles. The first-order valence-corrected chi connectivity index (χ1v) is 9.38. The van der Waals surface area contributed by atoms with Crippen LogP contribution in [-0.4, -0.2) is 16.0 Å². The van der Waals surface area contributed by atoms with Crippen molar-refractivity contribution in [3.63, 3.8) is 0 Å². The van der Waals surface area contributed by atoms with E-state index in [1.54, 1.807) is 30.0 Å². The van der Waals surface area contributed by atoms with Gasteiger partial charge in [0, 0.05) is 0 Å². The largest absolute Gasteiger partial charge is 0.507 e. The summed E-state index contributed by atoms with van der Waals surface area (Å²) in [4.78, 5) is 0.619. The van der Waals surface area contributed by atoms with Crippen LogP contribution in [0, 0.1) is 0 Å². The van der Waals surface area contributed by atoms with Crippen molar-refractivity contribution in [2.24, 2.45) is 0 Å². The van der Waals surface area contributed by atoms with Crippen LogP contribution in [0.25, 0.3) is 0 Å². The van der Waals surface area contributed by atoms with Crippen LogP contribution in [0.5, 0.6) is 11.5 Å². The lowest BCUT2D eigenvalue weighted by atomic mass is 10.1. The highest BCUT2D eigenvalue weighted by atomic mass is 32.2. The van der Waals surface area contributed by atoms with Gasteiger partial charge in [-0.2, -0.15) is 0 Å². The summed E-state index contributed by atoms with van der Waals surface area (Å²) in [5.41, 5.74) is 0. The quantitative estimate of drug-likeness (QED) is 0.361. The van der Waals surface area contributed by atoms with Crippen molar-refractivity contribution in [1.82, 2.24) is 0 Å². The summed E-state index contributed by atoms with van der Waals surface area (Å²) in [7, 11) is 0. The highest BCUT2D eigenvalue weighted by Gasteiger charge is 2.06. The summed E-state index contributed by atoms with van der Waals surface area (Å²) in [5.74, 6) is 1.33. The van der Waals surface area contributed by atoms with E-state index < -0.39 is 0 Å². The second-order valence-corrected chi connectivity index (χ2v) is 6.76. The van der Waals surface area contributed by atoms with Gasteiger partial charge in [-0.15, -0.1) is 11.8 Å². The van der Waals surface area contributed by atoms with Crippen molar-refractivity contribution < 1.29 is 10.2 Å². The Hall–Kier alpha value is -0.830. The number of hydrogen-bond acceptors (Lipinski definition) is 3. The summed E-state index contributed by atoms with van der Waals surface area (Å²) in [6, 6.07) is 4.91. The van der Waals surface area contributed by atoms with E-state index in [1.807, 2.05) is 0 Å². The molecule has 120 valence electrons. The minimum absolute atomic E-state index is 0.187. The van der Waals surface area contributed by atoms with Crippen LogP contribution in [0.2, 0.25) is 0 Å². The van der Waals surface area contributed by atoms with Crippen molar-refractivity contribution in [2.45, 2.75) is 76.0 Å². The van der Waals surface area contributed by atoms with E-state index in [1.165, 1.54) is 57.8 Å². The fourth-order valence-electron chi connectivity index (χ4n) is 2.42. The van der Waals surface area contributed by atoms with Crippen LogP contribution in [0.3, 0.4) is 0 Å². The fraction of sp³-hybridized carbons (Fsp3) is 0.667. The van der Waals surface area contributed by atoms with Crippen LogP contribution in [0.1, 0.15) is 71.1 Å². The fourth-order valence-corrected chi connectivity index (χ4v) is 3.41. The molecule has 0 unspecified atom stereocenters. The summed E-state index contributed by atoms with van der Waals surface area (Å²) in [6.45, 7) is 2.26. The summed E-state index contributed by atoms with van der Waals surface area (Å²) < 4.78 is 0. The normalized spacial score (nSPS) is 10.9. The third-order valence-electron chi connectivity index (χ3n) is 3.72. The van der Waals surface area contributed by atoms with Gasteiger partial charge in [0.15, 0.2) is 0 Å². The zero-order valence-corrected chi connectivity index (χ0v) is 14.1. The average Bonchev–Trinajstić information content (AvgIpc) is 2.47. The Morgan fingerprint density at radius 2 is 1.24 bits per heavy atom. The van der Waals surface area contributed by atoms with Gasteiger partial charge in [-0.3, -0.25) is 0 Å². The highest BCUT2D eigenvalue weighted by molar-refractivity contribution is 7.99. The number of phenolic OH excluding ortho intramolecular Hbond substituents is 2. The number of rotatable bonds is 12. The Morgan fingerprint density at radius 3 is 1.76 bits per heavy atom. The Labute approximate surface area is 134 Å². The molecular formula is C18H30O2S. The Balaban J connectivity index is 1.95. The van der Waals surface area contributed by atoms with Crippen molar-refractivity contribution in [1.29, 1.82) is 0 Å². The van der Waals surface area contributed by atoms with Crippen molar-refractivity contribution in [3.8, 4) is 11.5 Å². The second kappa shape index (κ2) is 11.8. The minimum Gasteiger partial charge on any atom is -0.507 e. The zero-order chi connectivity index (χ0) is 15.3. The molecule has 0 aromatic heterocycles. The zero-order valence-electron chi connectivity index (χ0n) is 13.3. The molecule has 0 atom stereocenters. The molecule has 0 heterocycles. The smallest absolute Gasteiger partial charge is 0.132 e. The Morgan fingerprint density at radius 1 is 0.762 bits per heavy atom. The van der Waals surface area contributed by atoms with E-state index >= 15 is 0 Å². The van der Waals surface area contributed by atoms with E-state index in [2.05, 4.69) is 6.92 Å². The minimum atomic E-state index is 0.187. The van der Waals surface area contributed by atoms with Crippen LogP contribution in [0.4, 0.5) is 0 Å². The number of phenols is 2. The maximum atomic E-state index is 9.67. The highest BCUT2D eigenvalue weighted by Crippen LogP contribution is 2.36. The third kappa shape index (κ3) is 8.25. The molecule has 0 aliphatic rings. The molecule has 0 aliphatic heterocycles. The van der Waals surface area contributed by atoms with E-state index in [0.29, 0.717) is 4.90 Å². The van der Waals surface area contributed by atoms with Gasteiger partial charge < -0.3 is 10.2 Å². The molecular weight excluding hydrogens is 280 g/mol. The van der Waals surface area contributed by atoms with Crippen molar-refractivity contribution in [3.05, 3.63) is 18.2 Å². The van der Waals surface area contributed by atoms with Crippen LogP contribution in [0.15, 0.2) is 23.1 Å². The molecule has 0 saturated carbocycles. The molecule has 3 heteroatoms. The average molecular weight is 311 g/mol. The maximum Gasteiger partial charge on any atom is 0.132 e. The Kier molecular flexibility index (Phi) is 10.2. The van der Waals surface area contributed by atoms with Crippen molar-refractivity contribution >= 4 is 11.8 Å². The summed E-state index contributed by atoms with van der Waals surface area (Å²) in [5, 5.41) is 19.3. The predicted molar refractivity (Wildman–Crippen MR) is 92.3 cm³/mol. The first kappa shape index (κ1) is 18.2. The molecule has 0 fully saturated rings. The predicted octanol–water partition coefficient (Wildman–Crippen LogP) is 6.11. The number of unbranched alkanes of at least 4 members (excludes halogenated alkanes) is 9. The lowest BCUT2D eigenvalue weighted by molar-refractivity contribution is 0.428. The molecule has 0 spiro atoms. The van der Waals surface area contributed by atoms with E-state index in [0.717, 1.165) is 12.2 Å². The molecule has 0 bridgehead atoms. The number of hydrogen-bond donors (Lipinski definition) is 2. The van der Waals surface area contributed by atoms with Gasteiger partial charge >= 0.3 is 0 Å². The molecule has 21 heavy (non-hydrogen) atoms. The third-order valence-corrected chi connectivity index (χ3v) is 4.92. The van der Waals surface area contributed by atoms with Gasteiger partial charge in [0.1, 0.15) is 11.5 Å². The number of thioether (sulfide) groups is 1. The summed E-state index contributed by atoms with van der Waals surface area (Å²) >= 11 is 1.55. The Bertz CT molecular complexity index is 359. The van der Waals surface area contributed by atoms with E-state index in [9.17, 15) is 10.2 Å². The molecule has 2 N–H and O–H groups in total. The first-order valence-electron chi connectivity index (χ1n) is 8.39. The van der Waals surface area contributed by atoms with Gasteiger partial charge in [0.2, 0.25) is 0 Å². The molecule has 0 radical (unpaired) electrons. The van der Waals surface area contributed by atoms with Gasteiger partial charge in [0.05, 0.1) is 4.90 Å². The van der Waals surface area contributed by atoms with E-state index in [-0.39, 0.29) is 11.5 Å². The van der Waals surface area contributed by atoms with Gasteiger partial charge in [-0.25, -0.2) is 0 Å². The molecule has 1 rings (SSSR count). The lowest BCUT2D eigenvalue weighted by Crippen LogP contribution is -1.84. The monoisotopic (exact) mass is 310 g/mol. The summed E-state index contributed by atoms with van der Waals surface area (Å²) in [6.07, 6.45) is 13.3. The molecule has 0 aliphatic carbocycles. The number of benzene rings is 1. The van der Waals surface area contributed by atoms with E-state index in [4.69, 9.17) is 0 Å². The van der Waals surface area contributed by atoms with Crippen LogP contribution < -0.4 is 0 Å². The van der Waals surface area contributed by atoms with Gasteiger partial charge in [-0.05, 0) is 24.3 Å². The molecule has 1 aromatic rings. The maximum absolute atomic E-state index is 9.67. The second-order valence-electron chi connectivity index (χ2n) is 5.66. The van der Waals surface area contributed by atoms with Crippen LogP contribution in [-0.2, 0) is 0 Å². The number of aromatic hydroxyl groups is 2. The topological polar surface area (TPSA) is 40.5 Å². The van der Waals surface area contributed by atoms with Crippen molar-refractivity contribution in [2.75, 3.05) is 5.75 Å². The van der Waals surface area contributed by atoms with Crippen LogP contribution >= 0.6 is 11.8 Å². The molecule has 2 nitrogen and oxygen atoms in total. The SMILES string of the molecule is CCCCCCCCCCCCSc1c(O)cccc1O. The molecule has 1 aromatic carbocycles. The standard InChI is InChI=1S/C18H30O2S/c1-2-3-4-5-6-7-8-9-10-11-15-21-18-16(19)13-12-14-17(18)20/h12-14,19-20H,2-11,15H2,1H3.